The van der Waals surface area contributed by atoms with Gasteiger partial charge in [0.25, 0.3) is 0 Å². The summed E-state index contributed by atoms with van der Waals surface area (Å²) in [7, 11) is 1.97. The van der Waals surface area contributed by atoms with Gasteiger partial charge >= 0.3 is 0 Å². The number of hydrogen-bond acceptors (Lipinski definition) is 4. The molecule has 4 nitrogen and oxygen atoms in total. The van der Waals surface area contributed by atoms with Crippen LogP contribution in [0.2, 0.25) is 0 Å². The number of nitrogens with zero attached hydrogens (tertiary/aromatic N) is 1. The van der Waals surface area contributed by atoms with Gasteiger partial charge in [-0.2, -0.15) is 0 Å². The lowest BCUT2D eigenvalue weighted by Gasteiger charge is -2.32. The predicted molar refractivity (Wildman–Crippen MR) is 75.5 cm³/mol. The first kappa shape index (κ1) is 14.0. The molecule has 0 aromatic heterocycles. The maximum absolute atomic E-state index is 12.1. The van der Waals surface area contributed by atoms with E-state index in [1.54, 1.807) is 24.3 Å². The highest BCUT2D eigenvalue weighted by molar-refractivity contribution is 5.97. The van der Waals surface area contributed by atoms with E-state index in [1.165, 1.54) is 6.42 Å². The molecular weight excluding hydrogens is 240 g/mol. The summed E-state index contributed by atoms with van der Waals surface area (Å²) in [6, 6.07) is 6.50. The molecular formula is C15H22N2O2. The molecule has 1 aliphatic rings. The smallest absolute Gasteiger partial charge is 0.176 e. The monoisotopic (exact) mass is 262 g/mol. The Bertz CT molecular complexity index is 415. The van der Waals surface area contributed by atoms with E-state index in [0.29, 0.717) is 18.0 Å². The quantitative estimate of drug-likeness (QED) is 0.790. The molecule has 0 spiro atoms. The van der Waals surface area contributed by atoms with Gasteiger partial charge in [0.05, 0.1) is 6.54 Å². The van der Waals surface area contributed by atoms with Gasteiger partial charge in [-0.15, -0.1) is 0 Å². The number of piperidine rings is 1. The molecule has 0 aliphatic carbocycles. The Morgan fingerprint density at radius 2 is 2.16 bits per heavy atom. The molecule has 2 rings (SSSR count). The van der Waals surface area contributed by atoms with Crippen molar-refractivity contribution in [3.8, 4) is 5.75 Å². The van der Waals surface area contributed by atoms with Crippen molar-refractivity contribution >= 4 is 5.78 Å². The van der Waals surface area contributed by atoms with Crippen LogP contribution in [0.4, 0.5) is 0 Å². The third kappa shape index (κ3) is 4.04. The second kappa shape index (κ2) is 6.68. The summed E-state index contributed by atoms with van der Waals surface area (Å²) in [6.45, 7) is 3.49. The molecule has 1 fully saturated rings. The zero-order chi connectivity index (χ0) is 13.7. The van der Waals surface area contributed by atoms with Crippen LogP contribution in [0.15, 0.2) is 24.3 Å². The van der Waals surface area contributed by atoms with Gasteiger partial charge < -0.3 is 10.4 Å². The van der Waals surface area contributed by atoms with E-state index in [9.17, 15) is 9.90 Å². The molecule has 1 aliphatic heterocycles. The maximum Gasteiger partial charge on any atom is 0.176 e. The Hall–Kier alpha value is -1.39. The number of aromatic hydroxyl groups is 1. The maximum atomic E-state index is 12.1. The number of phenolic OH excluding ortho intramolecular Hbond substituents is 1. The molecule has 0 bridgehead atoms. The van der Waals surface area contributed by atoms with Crippen molar-refractivity contribution in [1.82, 2.24) is 10.2 Å². The Balaban J connectivity index is 1.89. The summed E-state index contributed by atoms with van der Waals surface area (Å²) < 4.78 is 0. The first-order valence-electron chi connectivity index (χ1n) is 6.88. The second-order valence-corrected chi connectivity index (χ2v) is 5.27. The first-order valence-corrected chi connectivity index (χ1v) is 6.88. The van der Waals surface area contributed by atoms with Gasteiger partial charge in [0.1, 0.15) is 5.75 Å². The Labute approximate surface area is 114 Å². The van der Waals surface area contributed by atoms with Crippen molar-refractivity contribution in [1.29, 1.82) is 0 Å². The van der Waals surface area contributed by atoms with Crippen LogP contribution in [0.5, 0.6) is 5.75 Å². The number of rotatable bonds is 5. The fourth-order valence-corrected chi connectivity index (χ4v) is 2.69. The van der Waals surface area contributed by atoms with Crippen LogP contribution in [-0.4, -0.2) is 49.0 Å². The number of hydrogen-bond donors (Lipinski definition) is 2. The van der Waals surface area contributed by atoms with Crippen molar-refractivity contribution in [3.05, 3.63) is 29.8 Å². The van der Waals surface area contributed by atoms with Crippen molar-refractivity contribution in [2.24, 2.45) is 5.92 Å². The average Bonchev–Trinajstić information content (AvgIpc) is 2.40. The highest BCUT2D eigenvalue weighted by atomic mass is 16.3. The molecule has 4 heteroatoms. The fraction of sp³-hybridized carbons (Fsp3) is 0.533. The van der Waals surface area contributed by atoms with Crippen molar-refractivity contribution in [3.63, 3.8) is 0 Å². The van der Waals surface area contributed by atoms with Crippen molar-refractivity contribution in [2.45, 2.75) is 12.8 Å². The van der Waals surface area contributed by atoms with Crippen LogP contribution >= 0.6 is 0 Å². The fourth-order valence-electron chi connectivity index (χ4n) is 2.69. The molecule has 1 aromatic carbocycles. The van der Waals surface area contributed by atoms with Gasteiger partial charge in [-0.1, -0.05) is 0 Å². The number of phenols is 1. The molecule has 1 aromatic rings. The van der Waals surface area contributed by atoms with Crippen molar-refractivity contribution < 1.29 is 9.90 Å². The zero-order valence-corrected chi connectivity index (χ0v) is 11.4. The van der Waals surface area contributed by atoms with Crippen LogP contribution in [0.3, 0.4) is 0 Å². The number of carbonyl (C=O) groups excluding carboxylic acids is 1. The molecule has 0 amide bonds. The molecule has 1 saturated heterocycles. The standard InChI is InChI=1S/C15H22N2O2/c1-16-9-12-3-2-8-17(10-12)11-15(19)13-4-6-14(18)7-5-13/h4-7,12,16,18H,2-3,8-11H2,1H3. The number of Topliss-reactive ketones (excluding diaryl/α,β-unsaturated/α-hetero) is 1. The summed E-state index contributed by atoms with van der Waals surface area (Å²) in [4.78, 5) is 14.4. The largest absolute Gasteiger partial charge is 0.508 e. The lowest BCUT2D eigenvalue weighted by Crippen LogP contribution is -2.41. The van der Waals surface area contributed by atoms with Crippen LogP contribution in [0.25, 0.3) is 0 Å². The van der Waals surface area contributed by atoms with E-state index >= 15 is 0 Å². The number of likely N-dealkylation sites (tertiary alicyclic amines) is 1. The highest BCUT2D eigenvalue weighted by Gasteiger charge is 2.21. The van der Waals surface area contributed by atoms with Crippen LogP contribution in [0.1, 0.15) is 23.2 Å². The number of ketones is 1. The van der Waals surface area contributed by atoms with E-state index in [2.05, 4.69) is 10.2 Å². The lowest BCUT2D eigenvalue weighted by atomic mass is 9.97. The summed E-state index contributed by atoms with van der Waals surface area (Å²) in [6.07, 6.45) is 2.40. The van der Waals surface area contributed by atoms with E-state index in [4.69, 9.17) is 0 Å². The minimum atomic E-state index is 0.130. The Morgan fingerprint density at radius 3 is 2.84 bits per heavy atom. The number of carbonyl (C=O) groups is 1. The third-order valence-electron chi connectivity index (χ3n) is 3.65. The summed E-state index contributed by atoms with van der Waals surface area (Å²) in [5.41, 5.74) is 0.675. The molecule has 0 saturated carbocycles. The minimum absolute atomic E-state index is 0.130. The van der Waals surface area contributed by atoms with Gasteiger partial charge in [0, 0.05) is 12.1 Å². The summed E-state index contributed by atoms with van der Waals surface area (Å²) in [5, 5.41) is 12.4. The van der Waals surface area contributed by atoms with Crippen molar-refractivity contribution in [2.75, 3.05) is 33.2 Å². The van der Waals surface area contributed by atoms with E-state index < -0.39 is 0 Å². The van der Waals surface area contributed by atoms with Gasteiger partial charge in [-0.25, -0.2) is 0 Å². The first-order chi connectivity index (χ1) is 9.19. The van der Waals surface area contributed by atoms with Gasteiger partial charge in [-0.05, 0) is 63.2 Å². The number of benzene rings is 1. The van der Waals surface area contributed by atoms with Crippen LogP contribution in [-0.2, 0) is 0 Å². The molecule has 19 heavy (non-hydrogen) atoms. The van der Waals surface area contributed by atoms with Gasteiger partial charge in [0.2, 0.25) is 0 Å². The van der Waals surface area contributed by atoms with E-state index in [-0.39, 0.29) is 11.5 Å². The summed E-state index contributed by atoms with van der Waals surface area (Å²) >= 11 is 0. The van der Waals surface area contributed by atoms with E-state index in [1.807, 2.05) is 7.05 Å². The van der Waals surface area contributed by atoms with E-state index in [0.717, 1.165) is 26.1 Å². The SMILES string of the molecule is CNCC1CCCN(CC(=O)c2ccc(O)cc2)C1. The zero-order valence-electron chi connectivity index (χ0n) is 11.4. The Kier molecular flexibility index (Phi) is 4.93. The second-order valence-electron chi connectivity index (χ2n) is 5.27. The molecule has 1 unspecified atom stereocenters. The third-order valence-corrected chi connectivity index (χ3v) is 3.65. The average molecular weight is 262 g/mol. The molecule has 104 valence electrons. The highest BCUT2D eigenvalue weighted by Crippen LogP contribution is 2.17. The van der Waals surface area contributed by atoms with Gasteiger partial charge in [0.15, 0.2) is 5.78 Å². The van der Waals surface area contributed by atoms with Crippen LogP contribution in [0, 0.1) is 5.92 Å². The predicted octanol–water partition coefficient (Wildman–Crippen LogP) is 1.51. The Morgan fingerprint density at radius 1 is 1.42 bits per heavy atom. The van der Waals surface area contributed by atoms with Crippen LogP contribution < -0.4 is 5.32 Å². The number of nitrogens with one attached hydrogen (secondary N) is 1. The molecule has 2 N–H and O–H groups in total. The normalized spacial score (nSPS) is 20.4. The molecule has 1 atom stereocenters. The minimum Gasteiger partial charge on any atom is -0.508 e. The van der Waals surface area contributed by atoms with Gasteiger partial charge in [-0.3, -0.25) is 9.69 Å². The lowest BCUT2D eigenvalue weighted by molar-refractivity contribution is 0.0886. The molecule has 0 radical (unpaired) electrons. The summed E-state index contributed by atoms with van der Waals surface area (Å²) in [5.74, 6) is 0.972. The molecule has 1 heterocycles. The topological polar surface area (TPSA) is 52.6 Å².